The van der Waals surface area contributed by atoms with E-state index in [-0.39, 0.29) is 19.7 Å². The fraction of sp³-hybridized carbons (Fsp3) is 0. The fourth-order valence-electron chi connectivity index (χ4n) is 1.41. The van der Waals surface area contributed by atoms with Gasteiger partial charge in [-0.05, 0) is 16.4 Å². The van der Waals surface area contributed by atoms with E-state index in [1.54, 1.807) is 11.7 Å². The molecule has 2 aromatic rings. The molecule has 0 fully saturated rings. The van der Waals surface area contributed by atoms with E-state index in [2.05, 4.69) is 0 Å². The molecule has 0 unspecified atom stereocenters. The SMILES string of the molecule is O=[N+]([O-])c1ccc(-c2ccccc2)[siH]c1. The Hall–Kier alpha value is -1.81. The Morgan fingerprint density at radius 2 is 1.80 bits per heavy atom. The van der Waals surface area contributed by atoms with Gasteiger partial charge in [0.05, 0.1) is 4.92 Å². The Kier molecular flexibility index (Phi) is 2.69. The summed E-state index contributed by atoms with van der Waals surface area (Å²) in [5.41, 5.74) is 3.09. The molecule has 0 radical (unpaired) electrons. The van der Waals surface area contributed by atoms with Crippen LogP contribution in [0.15, 0.2) is 48.1 Å². The van der Waals surface area contributed by atoms with Crippen LogP contribution in [0.2, 0.25) is 0 Å². The van der Waals surface area contributed by atoms with Crippen molar-refractivity contribution < 1.29 is 4.92 Å². The lowest BCUT2D eigenvalue weighted by Gasteiger charge is -1.99. The van der Waals surface area contributed by atoms with Crippen molar-refractivity contribution in [2.24, 2.45) is 0 Å². The highest BCUT2D eigenvalue weighted by atomic mass is 28.2. The minimum atomic E-state index is -0.342. The highest BCUT2D eigenvalue weighted by molar-refractivity contribution is 6.39. The predicted octanol–water partition coefficient (Wildman–Crippen LogP) is 2.33. The van der Waals surface area contributed by atoms with E-state index in [9.17, 15) is 10.1 Å². The van der Waals surface area contributed by atoms with Gasteiger partial charge in [0.15, 0.2) is 0 Å². The molecule has 0 N–H and O–H groups in total. The van der Waals surface area contributed by atoms with Gasteiger partial charge in [0.25, 0.3) is 5.69 Å². The van der Waals surface area contributed by atoms with Crippen LogP contribution < -0.4 is 0 Å². The summed E-state index contributed by atoms with van der Waals surface area (Å²) >= 11 is 0. The zero-order valence-corrected chi connectivity index (χ0v) is 9.11. The second-order valence-corrected chi connectivity index (χ2v) is 4.46. The smallest absolute Gasteiger partial charge is 0.258 e. The molecule has 74 valence electrons. The van der Waals surface area contributed by atoms with Crippen LogP contribution >= 0.6 is 0 Å². The summed E-state index contributed by atoms with van der Waals surface area (Å²) in [4.78, 5) is 10.1. The molecule has 4 heteroatoms. The zero-order chi connectivity index (χ0) is 10.7. The number of hydrogen-bond donors (Lipinski definition) is 0. The second kappa shape index (κ2) is 4.14. The van der Waals surface area contributed by atoms with Crippen molar-refractivity contribution in [3.8, 4) is 10.7 Å². The quantitative estimate of drug-likeness (QED) is 0.438. The molecule has 0 atom stereocenters. The van der Waals surface area contributed by atoms with Gasteiger partial charge in [0.2, 0.25) is 0 Å². The standard InChI is InChI=1S/C11H9NO2Si/c13-12(14)10-6-7-11(15-8-10)9-4-2-1-3-5-9/h1-8,15H. The molecule has 0 aliphatic carbocycles. The van der Waals surface area contributed by atoms with Crippen LogP contribution in [0.1, 0.15) is 0 Å². The fourth-order valence-corrected chi connectivity index (χ4v) is 2.58. The molecule has 0 aliphatic heterocycles. The van der Waals surface area contributed by atoms with Crippen LogP contribution in [0, 0.1) is 10.1 Å². The van der Waals surface area contributed by atoms with Gasteiger partial charge in [0, 0.05) is 15.2 Å². The molecule has 2 rings (SSSR count). The van der Waals surface area contributed by atoms with Crippen molar-refractivity contribution >= 4 is 14.8 Å². The van der Waals surface area contributed by atoms with Crippen LogP contribution in [0.5, 0.6) is 0 Å². The molecule has 0 spiro atoms. The van der Waals surface area contributed by atoms with Crippen molar-refractivity contribution in [1.82, 2.24) is 0 Å². The summed E-state index contributed by atoms with van der Waals surface area (Å²) < 4.78 is 0. The summed E-state index contributed by atoms with van der Waals surface area (Å²) in [7, 11) is -0.135. The van der Waals surface area contributed by atoms with Crippen LogP contribution in [0.3, 0.4) is 0 Å². The monoisotopic (exact) mass is 215 g/mol. The zero-order valence-electron chi connectivity index (χ0n) is 7.96. The van der Waals surface area contributed by atoms with Crippen molar-refractivity contribution in [1.29, 1.82) is 0 Å². The summed E-state index contributed by atoms with van der Waals surface area (Å²) in [5, 5.41) is 11.7. The maximum absolute atomic E-state index is 10.5. The van der Waals surface area contributed by atoms with Crippen LogP contribution in [-0.2, 0) is 0 Å². The average Bonchev–Trinajstić information content (AvgIpc) is 2.30. The number of hydrogen-bond acceptors (Lipinski definition) is 2. The highest BCUT2D eigenvalue weighted by Gasteiger charge is 2.04. The van der Waals surface area contributed by atoms with Gasteiger partial charge >= 0.3 is 0 Å². The molecule has 0 bridgehead atoms. The first-order chi connectivity index (χ1) is 7.27. The van der Waals surface area contributed by atoms with E-state index < -0.39 is 0 Å². The van der Waals surface area contributed by atoms with Crippen molar-refractivity contribution in [2.45, 2.75) is 0 Å². The van der Waals surface area contributed by atoms with Gasteiger partial charge in [-0.2, -0.15) is 0 Å². The molecule has 0 saturated carbocycles. The molecule has 0 aliphatic rings. The average molecular weight is 215 g/mol. The van der Waals surface area contributed by atoms with E-state index in [0.717, 1.165) is 5.56 Å². The van der Waals surface area contributed by atoms with Crippen LogP contribution in [-0.4, -0.2) is 14.0 Å². The lowest BCUT2D eigenvalue weighted by Crippen LogP contribution is -1.90. The van der Waals surface area contributed by atoms with Crippen molar-refractivity contribution in [3.63, 3.8) is 0 Å². The molecule has 0 saturated heterocycles. The first-order valence-electron chi connectivity index (χ1n) is 4.57. The lowest BCUT2D eigenvalue weighted by atomic mass is 10.2. The van der Waals surface area contributed by atoms with Gasteiger partial charge in [-0.1, -0.05) is 36.4 Å². The van der Waals surface area contributed by atoms with Crippen molar-refractivity contribution in [3.05, 3.63) is 58.3 Å². The topological polar surface area (TPSA) is 43.1 Å². The van der Waals surface area contributed by atoms with E-state index in [1.807, 2.05) is 36.4 Å². The molecule has 0 amide bonds. The predicted molar refractivity (Wildman–Crippen MR) is 61.3 cm³/mol. The lowest BCUT2D eigenvalue weighted by molar-refractivity contribution is -0.384. The molecule has 1 aromatic heterocycles. The summed E-state index contributed by atoms with van der Waals surface area (Å²) in [6.07, 6.45) is 0. The molecule has 15 heavy (non-hydrogen) atoms. The Bertz CT molecular complexity index is 468. The van der Waals surface area contributed by atoms with E-state index >= 15 is 0 Å². The molecule has 3 nitrogen and oxygen atoms in total. The van der Waals surface area contributed by atoms with Gasteiger partial charge in [0.1, 0.15) is 0 Å². The van der Waals surface area contributed by atoms with Gasteiger partial charge in [-0.15, -0.1) is 0 Å². The van der Waals surface area contributed by atoms with E-state index in [4.69, 9.17) is 0 Å². The summed E-state index contributed by atoms with van der Waals surface area (Å²) in [6, 6.07) is 13.4. The Morgan fingerprint density at radius 3 is 2.33 bits per heavy atom. The number of nitro groups is 1. The van der Waals surface area contributed by atoms with Crippen molar-refractivity contribution in [2.75, 3.05) is 0 Å². The first-order valence-corrected chi connectivity index (χ1v) is 5.81. The summed E-state index contributed by atoms with van der Waals surface area (Å²) in [6.45, 7) is 0. The Morgan fingerprint density at radius 1 is 1.07 bits per heavy atom. The van der Waals surface area contributed by atoms with Crippen LogP contribution in [0.25, 0.3) is 10.7 Å². The van der Waals surface area contributed by atoms with Gasteiger partial charge in [-0.25, -0.2) is 0 Å². The van der Waals surface area contributed by atoms with E-state index in [1.165, 1.54) is 5.17 Å². The number of benzene rings is 1. The van der Waals surface area contributed by atoms with Gasteiger partial charge < -0.3 is 0 Å². The van der Waals surface area contributed by atoms with Gasteiger partial charge in [-0.3, -0.25) is 10.1 Å². The third kappa shape index (κ3) is 2.16. The maximum atomic E-state index is 10.5. The maximum Gasteiger partial charge on any atom is 0.264 e. The normalized spacial score (nSPS) is 9.87. The minimum absolute atomic E-state index is 0.135. The Labute approximate surface area is 89.3 Å². The third-order valence-electron chi connectivity index (χ3n) is 2.19. The molecule has 1 aromatic carbocycles. The molecular formula is C11H9NO2Si. The minimum Gasteiger partial charge on any atom is -0.258 e. The van der Waals surface area contributed by atoms with E-state index in [0.29, 0.717) is 0 Å². The largest absolute Gasteiger partial charge is 0.264 e. The second-order valence-electron chi connectivity index (χ2n) is 3.17. The highest BCUT2D eigenvalue weighted by Crippen LogP contribution is 2.18. The first kappa shape index (κ1) is 9.73. The number of rotatable bonds is 2. The Balaban J connectivity index is 2.36. The third-order valence-corrected chi connectivity index (χ3v) is 3.58. The van der Waals surface area contributed by atoms with Crippen LogP contribution in [0.4, 0.5) is 5.69 Å². The molecular weight excluding hydrogens is 206 g/mol. The molecule has 1 heterocycles. The summed E-state index contributed by atoms with van der Waals surface area (Å²) in [5.74, 6) is 0. The number of nitrogens with zero attached hydrogens (tertiary/aromatic N) is 1.